The summed E-state index contributed by atoms with van der Waals surface area (Å²) in [6.45, 7) is 0. The molecule has 3 heteroatoms. The van der Waals surface area contributed by atoms with Crippen LogP contribution in [0.25, 0.3) is 105 Å². The Bertz CT molecular complexity index is 3970. The van der Waals surface area contributed by atoms with Crippen molar-refractivity contribution >= 4 is 60.8 Å². The van der Waals surface area contributed by atoms with Gasteiger partial charge in [0.1, 0.15) is 11.2 Å². The number of hydrogen-bond acceptors (Lipinski definition) is 2. The third-order valence-electron chi connectivity index (χ3n) is 13.6. The highest BCUT2D eigenvalue weighted by Gasteiger charge is 2.22. The third-order valence-corrected chi connectivity index (χ3v) is 13.6. The van der Waals surface area contributed by atoms with E-state index in [0.717, 1.165) is 78.1 Å². The summed E-state index contributed by atoms with van der Waals surface area (Å²) < 4.78 is 8.82. The molecule has 13 aromatic rings. The topological polar surface area (TPSA) is 21.3 Å². The SMILES string of the molecule is c1ccc(-c2cccc(-c3ccccc3N(c3ccc(-c4cccc(-c5cccc(-n6c7ccccc7c7ccccc76)c5)c4)cc3)c3ccccc3-c3ccc4c(c3)oc3ccccc34)c2)cc1. The van der Waals surface area contributed by atoms with E-state index in [-0.39, 0.29) is 0 Å². The fraction of sp³-hybridized carbons (Fsp3) is 0. The molecule has 13 rings (SSSR count). The fourth-order valence-corrected chi connectivity index (χ4v) is 10.3. The first-order chi connectivity index (χ1) is 34.2. The lowest BCUT2D eigenvalue weighted by Gasteiger charge is -2.30. The molecule has 2 aromatic heterocycles. The molecule has 0 saturated heterocycles. The summed E-state index contributed by atoms with van der Waals surface area (Å²) in [5.41, 5.74) is 20.0. The van der Waals surface area contributed by atoms with E-state index in [0.29, 0.717) is 0 Å². The van der Waals surface area contributed by atoms with E-state index in [2.05, 4.69) is 264 Å². The summed E-state index contributed by atoms with van der Waals surface area (Å²) >= 11 is 0. The Morgan fingerprint density at radius 2 is 0.725 bits per heavy atom. The van der Waals surface area contributed by atoms with Gasteiger partial charge in [-0.3, -0.25) is 0 Å². The van der Waals surface area contributed by atoms with Crippen LogP contribution < -0.4 is 4.90 Å². The zero-order chi connectivity index (χ0) is 45.7. The molecule has 0 spiro atoms. The van der Waals surface area contributed by atoms with Gasteiger partial charge < -0.3 is 13.9 Å². The number of furan rings is 1. The quantitative estimate of drug-likeness (QED) is 0.144. The van der Waals surface area contributed by atoms with Crippen LogP contribution in [-0.4, -0.2) is 4.57 Å². The lowest BCUT2D eigenvalue weighted by molar-refractivity contribution is 0.669. The zero-order valence-electron chi connectivity index (χ0n) is 37.7. The van der Waals surface area contributed by atoms with Crippen LogP contribution in [0.5, 0.6) is 0 Å². The minimum atomic E-state index is 0.873. The number of para-hydroxylation sites is 5. The van der Waals surface area contributed by atoms with Crippen LogP contribution in [0.1, 0.15) is 0 Å². The summed E-state index contributed by atoms with van der Waals surface area (Å²) in [7, 11) is 0. The van der Waals surface area contributed by atoms with Gasteiger partial charge in [0, 0.05) is 44.0 Å². The first-order valence-corrected chi connectivity index (χ1v) is 23.6. The van der Waals surface area contributed by atoms with Gasteiger partial charge in [-0.1, -0.05) is 188 Å². The van der Waals surface area contributed by atoms with Crippen LogP contribution >= 0.6 is 0 Å². The molecule has 0 radical (unpaired) electrons. The molecule has 0 aliphatic heterocycles. The highest BCUT2D eigenvalue weighted by atomic mass is 16.3. The summed E-state index contributed by atoms with van der Waals surface area (Å²) in [5.74, 6) is 0. The average molecular weight is 881 g/mol. The molecule has 0 fully saturated rings. The highest BCUT2D eigenvalue weighted by Crippen LogP contribution is 2.46. The first kappa shape index (κ1) is 40.1. The third kappa shape index (κ3) is 7.16. The van der Waals surface area contributed by atoms with Crippen molar-refractivity contribution < 1.29 is 4.42 Å². The van der Waals surface area contributed by atoms with E-state index in [9.17, 15) is 0 Å². The number of rotatable bonds is 9. The van der Waals surface area contributed by atoms with E-state index in [4.69, 9.17) is 4.42 Å². The molecule has 69 heavy (non-hydrogen) atoms. The number of anilines is 3. The Balaban J connectivity index is 0.914. The molecular weight excluding hydrogens is 837 g/mol. The van der Waals surface area contributed by atoms with Crippen molar-refractivity contribution in [3.63, 3.8) is 0 Å². The first-order valence-electron chi connectivity index (χ1n) is 23.6. The van der Waals surface area contributed by atoms with Gasteiger partial charge in [0.05, 0.1) is 22.4 Å². The van der Waals surface area contributed by atoms with Gasteiger partial charge in [-0.15, -0.1) is 0 Å². The molecular formula is C66H44N2O. The smallest absolute Gasteiger partial charge is 0.136 e. The normalized spacial score (nSPS) is 11.5. The highest BCUT2D eigenvalue weighted by molar-refractivity contribution is 6.09. The molecule has 0 amide bonds. The second-order valence-electron chi connectivity index (χ2n) is 17.7. The lowest BCUT2D eigenvalue weighted by Crippen LogP contribution is -2.12. The summed E-state index contributed by atoms with van der Waals surface area (Å²) in [4.78, 5) is 2.42. The van der Waals surface area contributed by atoms with Gasteiger partial charge >= 0.3 is 0 Å². The maximum atomic E-state index is 6.44. The van der Waals surface area contributed by atoms with Crippen LogP contribution in [-0.2, 0) is 0 Å². The Hall–Kier alpha value is -9.18. The molecule has 0 N–H and O–H groups in total. The minimum absolute atomic E-state index is 0.873. The molecule has 0 aliphatic rings. The van der Waals surface area contributed by atoms with Crippen molar-refractivity contribution in [2.75, 3.05) is 4.90 Å². The standard InChI is InChI=1S/C66H44N2O/c1-2-17-45(18-3-1)48-20-15-23-51(42-48)55-25-4-9-30-61(55)67(62-31-10-5-26-56(62)52-37-40-60-59-29-8-13-34-65(59)69-66(60)44-52)53-38-35-46(36-39-53)47-19-14-21-49(41-47)50-22-16-24-54(43-50)68-63-32-11-6-27-57(63)58-28-7-12-33-64(58)68/h1-44H. The van der Waals surface area contributed by atoms with Crippen molar-refractivity contribution in [3.8, 4) is 61.3 Å². The van der Waals surface area contributed by atoms with Crippen molar-refractivity contribution in [1.82, 2.24) is 4.57 Å². The maximum absolute atomic E-state index is 6.44. The monoisotopic (exact) mass is 880 g/mol. The number of benzene rings is 11. The average Bonchev–Trinajstić information content (AvgIpc) is 3.97. The molecule has 0 bridgehead atoms. The molecule has 11 aromatic carbocycles. The summed E-state index contributed by atoms with van der Waals surface area (Å²) in [6, 6.07) is 96.2. The second-order valence-corrected chi connectivity index (χ2v) is 17.7. The Labute approximate surface area is 401 Å². The summed E-state index contributed by atoms with van der Waals surface area (Å²) in [6.07, 6.45) is 0. The van der Waals surface area contributed by atoms with Crippen molar-refractivity contribution in [2.24, 2.45) is 0 Å². The largest absolute Gasteiger partial charge is 0.456 e. The second kappa shape index (κ2) is 16.9. The molecule has 0 aliphatic carbocycles. The van der Waals surface area contributed by atoms with Crippen LogP contribution in [0.4, 0.5) is 17.1 Å². The van der Waals surface area contributed by atoms with Gasteiger partial charge in [-0.05, 0) is 123 Å². The number of hydrogen-bond donors (Lipinski definition) is 0. The van der Waals surface area contributed by atoms with E-state index in [1.165, 1.54) is 44.1 Å². The number of aromatic nitrogens is 1. The van der Waals surface area contributed by atoms with Gasteiger partial charge in [-0.25, -0.2) is 0 Å². The zero-order valence-corrected chi connectivity index (χ0v) is 37.7. The van der Waals surface area contributed by atoms with Crippen LogP contribution in [0.3, 0.4) is 0 Å². The van der Waals surface area contributed by atoms with Gasteiger partial charge in [0.2, 0.25) is 0 Å². The van der Waals surface area contributed by atoms with Crippen molar-refractivity contribution in [3.05, 3.63) is 267 Å². The van der Waals surface area contributed by atoms with Crippen molar-refractivity contribution in [1.29, 1.82) is 0 Å². The minimum Gasteiger partial charge on any atom is -0.456 e. The molecule has 2 heterocycles. The van der Waals surface area contributed by atoms with E-state index in [1.54, 1.807) is 0 Å². The maximum Gasteiger partial charge on any atom is 0.136 e. The fourth-order valence-electron chi connectivity index (χ4n) is 10.3. The van der Waals surface area contributed by atoms with Crippen molar-refractivity contribution in [2.45, 2.75) is 0 Å². The van der Waals surface area contributed by atoms with Crippen LogP contribution in [0.15, 0.2) is 271 Å². The Kier molecular flexibility index (Phi) is 9.84. The molecule has 0 unspecified atom stereocenters. The summed E-state index contributed by atoms with van der Waals surface area (Å²) in [5, 5.41) is 4.76. The van der Waals surface area contributed by atoms with Gasteiger partial charge in [-0.2, -0.15) is 0 Å². The predicted octanol–water partition coefficient (Wildman–Crippen LogP) is 18.5. The van der Waals surface area contributed by atoms with Crippen LogP contribution in [0.2, 0.25) is 0 Å². The lowest BCUT2D eigenvalue weighted by atomic mass is 9.95. The number of nitrogens with zero attached hydrogens (tertiary/aromatic N) is 2. The van der Waals surface area contributed by atoms with E-state index in [1.807, 2.05) is 12.1 Å². The van der Waals surface area contributed by atoms with Crippen LogP contribution in [0, 0.1) is 0 Å². The molecule has 324 valence electrons. The van der Waals surface area contributed by atoms with E-state index < -0.39 is 0 Å². The molecule has 3 nitrogen and oxygen atoms in total. The van der Waals surface area contributed by atoms with E-state index >= 15 is 0 Å². The predicted molar refractivity (Wildman–Crippen MR) is 290 cm³/mol. The molecule has 0 atom stereocenters. The number of fused-ring (bicyclic) bond motifs is 6. The Morgan fingerprint density at radius 1 is 0.275 bits per heavy atom. The molecule has 0 saturated carbocycles. The Morgan fingerprint density at radius 3 is 1.41 bits per heavy atom. The van der Waals surface area contributed by atoms with Gasteiger partial charge in [0.25, 0.3) is 0 Å². The van der Waals surface area contributed by atoms with Gasteiger partial charge in [0.15, 0.2) is 0 Å².